The van der Waals surface area contributed by atoms with Gasteiger partial charge in [-0.25, -0.2) is 8.78 Å². The molecule has 1 unspecified atom stereocenters. The quantitative estimate of drug-likeness (QED) is 0.886. The van der Waals surface area contributed by atoms with E-state index in [9.17, 15) is 13.9 Å². The molecule has 1 atom stereocenters. The molecule has 18 heavy (non-hydrogen) atoms. The van der Waals surface area contributed by atoms with Gasteiger partial charge >= 0.3 is 0 Å². The second-order valence-electron chi connectivity index (χ2n) is 4.32. The topological polar surface area (TPSA) is 25.2 Å². The Kier molecular flexibility index (Phi) is 3.77. The Morgan fingerprint density at radius 2 is 1.89 bits per heavy atom. The van der Waals surface area contributed by atoms with E-state index in [1.165, 1.54) is 12.1 Å². The van der Waals surface area contributed by atoms with Crippen LogP contribution in [0.3, 0.4) is 0 Å². The third kappa shape index (κ3) is 2.96. The lowest BCUT2D eigenvalue weighted by molar-refractivity contribution is 0.173. The van der Waals surface area contributed by atoms with Gasteiger partial charge in [-0.15, -0.1) is 0 Å². The highest BCUT2D eigenvalue weighted by Crippen LogP contribution is 2.17. The molecule has 0 amide bonds. The number of nitrogens with zero attached hydrogens (tertiary/aromatic N) is 1. The molecule has 1 heterocycles. The van der Waals surface area contributed by atoms with Crippen LogP contribution in [0.25, 0.3) is 0 Å². The van der Waals surface area contributed by atoms with Crippen molar-refractivity contribution in [3.05, 3.63) is 59.4 Å². The Morgan fingerprint density at radius 1 is 1.22 bits per heavy atom. The molecule has 0 radical (unpaired) electrons. The minimum absolute atomic E-state index is 0.380. The lowest BCUT2D eigenvalue weighted by atomic mass is 10.1. The summed E-state index contributed by atoms with van der Waals surface area (Å²) >= 11 is 0. The van der Waals surface area contributed by atoms with Gasteiger partial charge in [0.25, 0.3) is 0 Å². The number of rotatable bonds is 4. The Balaban J connectivity index is 2.16. The maximum Gasteiger partial charge on any atom is 0.126 e. The number of benzene rings is 1. The second kappa shape index (κ2) is 5.31. The van der Waals surface area contributed by atoms with Gasteiger partial charge in [0, 0.05) is 25.0 Å². The molecule has 2 rings (SSSR count). The van der Waals surface area contributed by atoms with E-state index in [1.807, 2.05) is 13.0 Å². The van der Waals surface area contributed by atoms with Crippen LogP contribution < -0.4 is 0 Å². The molecule has 0 aliphatic rings. The van der Waals surface area contributed by atoms with Crippen LogP contribution in [0.1, 0.15) is 30.6 Å². The van der Waals surface area contributed by atoms with Gasteiger partial charge in [0.1, 0.15) is 11.6 Å². The molecule has 1 aromatic carbocycles. The van der Waals surface area contributed by atoms with Crippen molar-refractivity contribution < 1.29 is 13.9 Å². The van der Waals surface area contributed by atoms with Gasteiger partial charge in [-0.3, -0.25) is 0 Å². The van der Waals surface area contributed by atoms with E-state index in [1.54, 1.807) is 17.0 Å². The fourth-order valence-electron chi connectivity index (χ4n) is 1.90. The maximum absolute atomic E-state index is 13.0. The number of aromatic nitrogens is 1. The van der Waals surface area contributed by atoms with Crippen molar-refractivity contribution in [2.24, 2.45) is 0 Å². The van der Waals surface area contributed by atoms with E-state index in [4.69, 9.17) is 0 Å². The Bertz CT molecular complexity index is 516. The molecule has 0 spiro atoms. The monoisotopic (exact) mass is 251 g/mol. The predicted octanol–water partition coefficient (Wildman–Crippen LogP) is 3.26. The molecule has 2 nitrogen and oxygen atoms in total. The molecular formula is C14H15F2NO. The molecule has 0 aliphatic carbocycles. The molecule has 4 heteroatoms. The summed E-state index contributed by atoms with van der Waals surface area (Å²) in [5.41, 5.74) is 1.37. The minimum Gasteiger partial charge on any atom is -0.388 e. The van der Waals surface area contributed by atoms with Crippen LogP contribution >= 0.6 is 0 Å². The fraction of sp³-hybridized carbons (Fsp3) is 0.286. The van der Waals surface area contributed by atoms with Gasteiger partial charge < -0.3 is 9.67 Å². The van der Waals surface area contributed by atoms with E-state index in [2.05, 4.69) is 0 Å². The first-order chi connectivity index (χ1) is 8.58. The highest BCUT2D eigenvalue weighted by molar-refractivity contribution is 5.20. The van der Waals surface area contributed by atoms with E-state index in [0.29, 0.717) is 18.5 Å². The van der Waals surface area contributed by atoms with Crippen molar-refractivity contribution in [1.82, 2.24) is 4.57 Å². The molecule has 96 valence electrons. The van der Waals surface area contributed by atoms with Crippen LogP contribution in [0.15, 0.2) is 36.7 Å². The third-order valence-electron chi connectivity index (χ3n) is 2.83. The Labute approximate surface area is 104 Å². The average Bonchev–Trinajstić information content (AvgIpc) is 2.75. The van der Waals surface area contributed by atoms with Crippen molar-refractivity contribution in [3.8, 4) is 0 Å². The van der Waals surface area contributed by atoms with Crippen LogP contribution in [-0.4, -0.2) is 9.67 Å². The molecule has 1 aromatic heterocycles. The number of aliphatic hydroxyl groups excluding tert-OH is 1. The van der Waals surface area contributed by atoms with Crippen LogP contribution in [0, 0.1) is 11.6 Å². The molecule has 1 N–H and O–H groups in total. The zero-order valence-electron chi connectivity index (χ0n) is 10.1. The number of aliphatic hydroxyl groups is 1. The van der Waals surface area contributed by atoms with Crippen LogP contribution in [0.5, 0.6) is 0 Å². The summed E-state index contributed by atoms with van der Waals surface area (Å²) in [4.78, 5) is 0. The number of halogens is 2. The summed E-state index contributed by atoms with van der Waals surface area (Å²) < 4.78 is 27.9. The minimum atomic E-state index is -0.578. The first-order valence-corrected chi connectivity index (χ1v) is 5.87. The molecule has 2 aromatic rings. The lowest BCUT2D eigenvalue weighted by Gasteiger charge is -2.06. The van der Waals surface area contributed by atoms with E-state index < -0.39 is 17.7 Å². The van der Waals surface area contributed by atoms with Crippen LogP contribution in [-0.2, 0) is 6.54 Å². The van der Waals surface area contributed by atoms with Crippen LogP contribution in [0.2, 0.25) is 0 Å². The fourth-order valence-corrected chi connectivity index (χ4v) is 1.90. The van der Waals surface area contributed by atoms with Crippen LogP contribution in [0.4, 0.5) is 8.78 Å². The summed E-state index contributed by atoms with van der Waals surface area (Å²) in [7, 11) is 0. The predicted molar refractivity (Wildman–Crippen MR) is 65.1 cm³/mol. The standard InChI is InChI=1S/C14H15F2NO/c1-2-14(18)11-3-4-17(9-11)8-10-5-12(15)7-13(16)6-10/h3-7,9,14,18H,2,8H2,1H3. The average molecular weight is 251 g/mol. The smallest absolute Gasteiger partial charge is 0.126 e. The molecular weight excluding hydrogens is 236 g/mol. The zero-order chi connectivity index (χ0) is 13.1. The Morgan fingerprint density at radius 3 is 2.50 bits per heavy atom. The molecule has 0 saturated carbocycles. The van der Waals surface area contributed by atoms with E-state index in [-0.39, 0.29) is 0 Å². The van der Waals surface area contributed by atoms with Gasteiger partial charge in [-0.2, -0.15) is 0 Å². The Hall–Kier alpha value is -1.68. The third-order valence-corrected chi connectivity index (χ3v) is 2.83. The summed E-state index contributed by atoms with van der Waals surface area (Å²) in [6.07, 6.45) is 3.72. The number of hydrogen-bond donors (Lipinski definition) is 1. The van der Waals surface area contributed by atoms with Gasteiger partial charge in [-0.1, -0.05) is 6.92 Å². The summed E-state index contributed by atoms with van der Waals surface area (Å²) in [5.74, 6) is -1.16. The van der Waals surface area contributed by atoms with Crippen molar-refractivity contribution in [3.63, 3.8) is 0 Å². The maximum atomic E-state index is 13.0. The van der Waals surface area contributed by atoms with Gasteiger partial charge in [0.2, 0.25) is 0 Å². The molecule has 0 fully saturated rings. The first kappa shape index (κ1) is 12.8. The highest BCUT2D eigenvalue weighted by Gasteiger charge is 2.07. The van der Waals surface area contributed by atoms with Crippen molar-refractivity contribution in [2.75, 3.05) is 0 Å². The highest BCUT2D eigenvalue weighted by atomic mass is 19.1. The van der Waals surface area contributed by atoms with E-state index >= 15 is 0 Å². The summed E-state index contributed by atoms with van der Waals surface area (Å²) in [6, 6.07) is 5.27. The van der Waals surface area contributed by atoms with Crippen molar-refractivity contribution >= 4 is 0 Å². The van der Waals surface area contributed by atoms with Gasteiger partial charge in [0.15, 0.2) is 0 Å². The number of hydrogen-bond acceptors (Lipinski definition) is 1. The zero-order valence-corrected chi connectivity index (χ0v) is 10.1. The lowest BCUT2D eigenvalue weighted by Crippen LogP contribution is -1.99. The molecule has 0 aliphatic heterocycles. The molecule has 0 saturated heterocycles. The molecule has 0 bridgehead atoms. The van der Waals surface area contributed by atoms with Gasteiger partial charge in [-0.05, 0) is 35.7 Å². The van der Waals surface area contributed by atoms with Crippen molar-refractivity contribution in [1.29, 1.82) is 0 Å². The van der Waals surface area contributed by atoms with Crippen molar-refractivity contribution in [2.45, 2.75) is 26.0 Å². The SMILES string of the molecule is CCC(O)c1ccn(Cc2cc(F)cc(F)c2)c1. The summed E-state index contributed by atoms with van der Waals surface area (Å²) in [6.45, 7) is 2.27. The first-order valence-electron chi connectivity index (χ1n) is 5.87. The van der Waals surface area contributed by atoms with Gasteiger partial charge in [0.05, 0.1) is 6.10 Å². The summed E-state index contributed by atoms with van der Waals surface area (Å²) in [5, 5.41) is 9.66. The van der Waals surface area contributed by atoms with E-state index in [0.717, 1.165) is 11.6 Å². The second-order valence-corrected chi connectivity index (χ2v) is 4.32. The normalized spacial score (nSPS) is 12.7. The largest absolute Gasteiger partial charge is 0.388 e.